The maximum Gasteiger partial charge on any atom is 0.254 e. The highest BCUT2D eigenvalue weighted by atomic mass is 79.9. The van der Waals surface area contributed by atoms with E-state index < -0.39 is 0 Å². The van der Waals surface area contributed by atoms with E-state index in [0.29, 0.717) is 29.1 Å². The van der Waals surface area contributed by atoms with Crippen LogP contribution in [0.4, 0.5) is 4.39 Å². The average molecular weight is 479 g/mol. The molecule has 31 heavy (non-hydrogen) atoms. The van der Waals surface area contributed by atoms with Crippen molar-refractivity contribution in [1.29, 1.82) is 0 Å². The fourth-order valence-electron chi connectivity index (χ4n) is 4.15. The highest BCUT2D eigenvalue weighted by Gasteiger charge is 2.34. The molecule has 0 saturated carbocycles. The Balaban J connectivity index is 1.47. The van der Waals surface area contributed by atoms with E-state index in [1.165, 1.54) is 6.07 Å². The number of hydrogen-bond acceptors (Lipinski definition) is 3. The molecular weight excluding hydrogens is 459 g/mol. The van der Waals surface area contributed by atoms with E-state index in [1.807, 2.05) is 53.4 Å². The molecule has 1 aliphatic heterocycles. The highest BCUT2D eigenvalue weighted by molar-refractivity contribution is 9.10. The summed E-state index contributed by atoms with van der Waals surface area (Å²) in [5, 5.41) is 0. The molecule has 1 aromatic heterocycles. The van der Waals surface area contributed by atoms with Gasteiger partial charge in [-0.25, -0.2) is 9.37 Å². The lowest BCUT2D eigenvalue weighted by Gasteiger charge is -2.22. The quantitative estimate of drug-likeness (QED) is 0.329. The Hall–Kier alpha value is -2.99. The van der Waals surface area contributed by atoms with E-state index in [1.54, 1.807) is 13.0 Å². The molecule has 0 spiro atoms. The fraction of sp³-hybridized carbons (Fsp3) is 0.200. The molecule has 5 rings (SSSR count). The molecule has 1 unspecified atom stereocenters. The maximum atomic E-state index is 13.6. The summed E-state index contributed by atoms with van der Waals surface area (Å²) in [6, 6.07) is 18.1. The lowest BCUT2D eigenvalue weighted by molar-refractivity contribution is 0.0717. The number of aryl methyl sites for hydroxylation is 1. The molecule has 4 aromatic rings. The number of amides is 1. The monoisotopic (exact) mass is 478 g/mol. The first-order valence-electron chi connectivity index (χ1n) is 10.2. The summed E-state index contributed by atoms with van der Waals surface area (Å²) in [6.45, 7) is 2.43. The van der Waals surface area contributed by atoms with Crippen LogP contribution in [0.1, 0.15) is 40.7 Å². The summed E-state index contributed by atoms with van der Waals surface area (Å²) in [5.41, 5.74) is 4.54. The van der Waals surface area contributed by atoms with Gasteiger partial charge in [0.25, 0.3) is 5.91 Å². The van der Waals surface area contributed by atoms with Crippen molar-refractivity contribution in [3.8, 4) is 11.1 Å². The summed E-state index contributed by atoms with van der Waals surface area (Å²) in [5.74, 6) is 0.321. The summed E-state index contributed by atoms with van der Waals surface area (Å²) in [7, 11) is 0. The van der Waals surface area contributed by atoms with Gasteiger partial charge in [-0.15, -0.1) is 0 Å². The molecule has 3 aromatic carbocycles. The van der Waals surface area contributed by atoms with Crippen LogP contribution in [0.2, 0.25) is 0 Å². The predicted octanol–water partition coefficient (Wildman–Crippen LogP) is 6.68. The van der Waals surface area contributed by atoms with Gasteiger partial charge in [-0.1, -0.05) is 34.1 Å². The molecule has 0 N–H and O–H groups in total. The van der Waals surface area contributed by atoms with Crippen LogP contribution in [0, 0.1) is 12.7 Å². The van der Waals surface area contributed by atoms with Crippen LogP contribution >= 0.6 is 15.9 Å². The second-order valence-electron chi connectivity index (χ2n) is 7.87. The molecule has 1 amide bonds. The molecule has 0 bridgehead atoms. The molecule has 1 saturated heterocycles. The van der Waals surface area contributed by atoms with Crippen molar-refractivity contribution >= 4 is 32.9 Å². The number of carbonyl (C=O) groups excluding carboxylic acids is 1. The van der Waals surface area contributed by atoms with Crippen molar-refractivity contribution in [1.82, 2.24) is 9.88 Å². The third kappa shape index (κ3) is 3.76. The lowest BCUT2D eigenvalue weighted by Crippen LogP contribution is -2.30. The molecule has 0 aliphatic carbocycles. The SMILES string of the molecule is Cc1cc(-c2ccc3oc(C4CCCN4C(=O)c4cccc(Br)c4)nc3c2)ccc1F. The lowest BCUT2D eigenvalue weighted by atomic mass is 10.0. The van der Waals surface area contributed by atoms with Gasteiger partial charge in [0.1, 0.15) is 17.4 Å². The van der Waals surface area contributed by atoms with Crippen LogP contribution < -0.4 is 0 Å². The molecule has 156 valence electrons. The molecule has 6 heteroatoms. The predicted molar refractivity (Wildman–Crippen MR) is 121 cm³/mol. The normalized spacial score (nSPS) is 16.2. The minimum absolute atomic E-state index is 0.0199. The Morgan fingerprint density at radius 1 is 1.13 bits per heavy atom. The summed E-state index contributed by atoms with van der Waals surface area (Å²) >= 11 is 3.43. The van der Waals surface area contributed by atoms with Gasteiger partial charge in [-0.2, -0.15) is 0 Å². The number of likely N-dealkylation sites (tertiary alicyclic amines) is 1. The van der Waals surface area contributed by atoms with Crippen LogP contribution in [0.15, 0.2) is 69.6 Å². The molecule has 4 nitrogen and oxygen atoms in total. The number of hydrogen-bond donors (Lipinski definition) is 0. The van der Waals surface area contributed by atoms with Crippen molar-refractivity contribution in [2.45, 2.75) is 25.8 Å². The van der Waals surface area contributed by atoms with Crippen LogP contribution in [-0.2, 0) is 0 Å². The minimum Gasteiger partial charge on any atom is -0.438 e. The van der Waals surface area contributed by atoms with E-state index in [0.717, 1.165) is 34.0 Å². The number of carbonyl (C=O) groups is 1. The van der Waals surface area contributed by atoms with E-state index in [2.05, 4.69) is 15.9 Å². The van der Waals surface area contributed by atoms with Gasteiger partial charge >= 0.3 is 0 Å². The van der Waals surface area contributed by atoms with Crippen molar-refractivity contribution < 1.29 is 13.6 Å². The summed E-state index contributed by atoms with van der Waals surface area (Å²) < 4.78 is 20.6. The smallest absolute Gasteiger partial charge is 0.254 e. The Morgan fingerprint density at radius 3 is 2.74 bits per heavy atom. The van der Waals surface area contributed by atoms with E-state index >= 15 is 0 Å². The number of nitrogens with zero attached hydrogens (tertiary/aromatic N) is 2. The number of benzene rings is 3. The Morgan fingerprint density at radius 2 is 1.94 bits per heavy atom. The van der Waals surface area contributed by atoms with E-state index in [4.69, 9.17) is 9.40 Å². The molecule has 2 heterocycles. The first kappa shape index (κ1) is 19.9. The number of aromatic nitrogens is 1. The largest absolute Gasteiger partial charge is 0.438 e. The third-order valence-electron chi connectivity index (χ3n) is 5.77. The zero-order chi connectivity index (χ0) is 21.5. The third-order valence-corrected chi connectivity index (χ3v) is 6.26. The Kier molecular flexibility index (Phi) is 5.10. The number of oxazole rings is 1. The standard InChI is InChI=1S/C25H20BrFN2O2/c1-15-12-16(7-9-20(15)27)17-8-10-23-21(14-17)28-24(31-23)22-6-3-11-29(22)25(30)18-4-2-5-19(26)13-18/h2,4-5,7-10,12-14,22H,3,6,11H2,1H3. The number of rotatable bonds is 3. The van der Waals surface area contributed by atoms with Gasteiger partial charge in [0.15, 0.2) is 5.58 Å². The number of halogens is 2. The van der Waals surface area contributed by atoms with Crippen LogP contribution in [0.25, 0.3) is 22.2 Å². The van der Waals surface area contributed by atoms with Gasteiger partial charge < -0.3 is 9.32 Å². The summed E-state index contributed by atoms with van der Waals surface area (Å²) in [6.07, 6.45) is 1.72. The van der Waals surface area contributed by atoms with E-state index in [9.17, 15) is 9.18 Å². The van der Waals surface area contributed by atoms with Gasteiger partial charge in [0.05, 0.1) is 0 Å². The van der Waals surface area contributed by atoms with Gasteiger partial charge in [-0.3, -0.25) is 4.79 Å². The van der Waals surface area contributed by atoms with Crippen molar-refractivity contribution in [2.75, 3.05) is 6.54 Å². The number of fused-ring (bicyclic) bond motifs is 1. The minimum atomic E-state index is -0.218. The zero-order valence-corrected chi connectivity index (χ0v) is 18.5. The average Bonchev–Trinajstić information content (AvgIpc) is 3.41. The summed E-state index contributed by atoms with van der Waals surface area (Å²) in [4.78, 5) is 19.7. The highest BCUT2D eigenvalue weighted by Crippen LogP contribution is 2.35. The Labute approximate surface area is 187 Å². The van der Waals surface area contributed by atoms with Crippen LogP contribution in [0.5, 0.6) is 0 Å². The fourth-order valence-corrected chi connectivity index (χ4v) is 4.54. The Bertz CT molecular complexity index is 1300. The van der Waals surface area contributed by atoms with Crippen molar-refractivity contribution in [3.05, 3.63) is 88.0 Å². The van der Waals surface area contributed by atoms with E-state index in [-0.39, 0.29) is 17.8 Å². The van der Waals surface area contributed by atoms with Crippen LogP contribution in [0.3, 0.4) is 0 Å². The van der Waals surface area contributed by atoms with Crippen molar-refractivity contribution in [3.63, 3.8) is 0 Å². The molecule has 1 atom stereocenters. The first-order valence-corrected chi connectivity index (χ1v) is 11.0. The molecule has 1 fully saturated rings. The van der Waals surface area contributed by atoms with Crippen molar-refractivity contribution in [2.24, 2.45) is 0 Å². The zero-order valence-electron chi connectivity index (χ0n) is 16.9. The van der Waals surface area contributed by atoms with Gasteiger partial charge in [-0.05, 0) is 78.9 Å². The first-order chi connectivity index (χ1) is 15.0. The van der Waals surface area contributed by atoms with Crippen LogP contribution in [-0.4, -0.2) is 22.3 Å². The second kappa shape index (κ2) is 7.93. The van der Waals surface area contributed by atoms with Gasteiger partial charge in [0.2, 0.25) is 5.89 Å². The topological polar surface area (TPSA) is 46.3 Å². The molecule has 1 aliphatic rings. The molecule has 0 radical (unpaired) electrons. The maximum absolute atomic E-state index is 13.6. The molecular formula is C25H20BrFN2O2. The second-order valence-corrected chi connectivity index (χ2v) is 8.78. The van der Waals surface area contributed by atoms with Gasteiger partial charge in [0, 0.05) is 16.6 Å².